The summed E-state index contributed by atoms with van der Waals surface area (Å²) in [5, 5.41) is 11.8. The maximum absolute atomic E-state index is 8.62. The molecule has 0 saturated carbocycles. The third-order valence-corrected chi connectivity index (χ3v) is 2.76. The molecule has 4 heteroatoms. The number of nitrogens with one attached hydrogen (secondary N) is 1. The first-order valence-corrected chi connectivity index (χ1v) is 6.60. The minimum Gasteiger partial charge on any atom is -0.487 e. The van der Waals surface area contributed by atoms with Gasteiger partial charge in [-0.3, -0.25) is 0 Å². The monoisotopic (exact) mass is 267 g/mol. The first-order valence-electron chi connectivity index (χ1n) is 6.60. The van der Waals surface area contributed by atoms with Crippen molar-refractivity contribution < 1.29 is 4.74 Å². The van der Waals surface area contributed by atoms with Gasteiger partial charge in [-0.15, -0.1) is 0 Å². The van der Waals surface area contributed by atoms with Gasteiger partial charge in [-0.1, -0.05) is 18.2 Å². The highest BCUT2D eigenvalue weighted by molar-refractivity contribution is 5.35. The molecule has 0 fully saturated rings. The Bertz CT molecular complexity index is 587. The van der Waals surface area contributed by atoms with Crippen LogP contribution in [0.5, 0.6) is 5.75 Å². The highest BCUT2D eigenvalue weighted by atomic mass is 16.5. The van der Waals surface area contributed by atoms with Gasteiger partial charge in [-0.05, 0) is 36.8 Å². The van der Waals surface area contributed by atoms with Crippen molar-refractivity contribution in [3.63, 3.8) is 0 Å². The lowest BCUT2D eigenvalue weighted by Gasteiger charge is -2.08. The van der Waals surface area contributed by atoms with Gasteiger partial charge in [0.1, 0.15) is 18.2 Å². The van der Waals surface area contributed by atoms with E-state index in [1.54, 1.807) is 0 Å². The molecule has 0 atom stereocenters. The number of nitrogens with zero attached hydrogens (tertiary/aromatic N) is 2. The molecule has 1 aromatic heterocycles. The van der Waals surface area contributed by atoms with E-state index in [1.165, 1.54) is 0 Å². The Labute approximate surface area is 119 Å². The minimum absolute atomic E-state index is 0.423. The molecule has 0 aliphatic rings. The van der Waals surface area contributed by atoms with Crippen LogP contribution in [0, 0.1) is 11.3 Å². The van der Waals surface area contributed by atoms with Crippen molar-refractivity contribution in [2.24, 2.45) is 0 Å². The van der Waals surface area contributed by atoms with Crippen LogP contribution in [-0.2, 0) is 13.0 Å². The average molecular weight is 267 g/mol. The third kappa shape index (κ3) is 3.99. The first kappa shape index (κ1) is 13.9. The molecule has 1 aromatic carbocycles. The Balaban J connectivity index is 1.94. The molecule has 0 saturated heterocycles. The molecule has 20 heavy (non-hydrogen) atoms. The van der Waals surface area contributed by atoms with Crippen molar-refractivity contribution in [2.45, 2.75) is 20.0 Å². The summed E-state index contributed by atoms with van der Waals surface area (Å²) in [6, 6.07) is 15.5. The molecule has 0 amide bonds. The van der Waals surface area contributed by atoms with Crippen molar-refractivity contribution in [3.05, 3.63) is 53.7 Å². The number of hydrogen-bond acceptors (Lipinski definition) is 4. The second-order valence-electron chi connectivity index (χ2n) is 4.31. The molecule has 0 aliphatic carbocycles. The predicted molar refractivity (Wildman–Crippen MR) is 78.5 cm³/mol. The highest BCUT2D eigenvalue weighted by Gasteiger charge is 1.99. The maximum atomic E-state index is 8.62. The van der Waals surface area contributed by atoms with E-state index in [4.69, 9.17) is 10.00 Å². The summed E-state index contributed by atoms with van der Waals surface area (Å²) in [6.45, 7) is 3.31. The van der Waals surface area contributed by atoms with Crippen LogP contribution in [0.2, 0.25) is 0 Å². The van der Waals surface area contributed by atoms with Crippen LogP contribution in [0.3, 0.4) is 0 Å². The van der Waals surface area contributed by atoms with Gasteiger partial charge in [-0.2, -0.15) is 5.26 Å². The summed E-state index contributed by atoms with van der Waals surface area (Å²) in [5.74, 6) is 1.64. The second-order valence-corrected chi connectivity index (χ2v) is 4.31. The third-order valence-electron chi connectivity index (χ3n) is 2.76. The molecule has 0 aliphatic heterocycles. The lowest BCUT2D eigenvalue weighted by molar-refractivity contribution is 0.301. The van der Waals surface area contributed by atoms with Gasteiger partial charge in [0.2, 0.25) is 0 Å². The van der Waals surface area contributed by atoms with Gasteiger partial charge in [0.05, 0.1) is 18.2 Å². The van der Waals surface area contributed by atoms with E-state index in [-0.39, 0.29) is 0 Å². The molecule has 1 heterocycles. The molecule has 0 unspecified atom stereocenters. The van der Waals surface area contributed by atoms with E-state index >= 15 is 0 Å². The summed E-state index contributed by atoms with van der Waals surface area (Å²) in [4.78, 5) is 4.45. The Morgan fingerprint density at radius 3 is 2.70 bits per heavy atom. The molecular formula is C16H17N3O. The van der Waals surface area contributed by atoms with Crippen molar-refractivity contribution >= 4 is 5.82 Å². The minimum atomic E-state index is 0.423. The van der Waals surface area contributed by atoms with E-state index in [9.17, 15) is 0 Å². The Morgan fingerprint density at radius 2 is 2.00 bits per heavy atom. The first-order chi connectivity index (χ1) is 9.81. The second kappa shape index (κ2) is 7.15. The van der Waals surface area contributed by atoms with Gasteiger partial charge in [-0.25, -0.2) is 4.98 Å². The zero-order valence-corrected chi connectivity index (χ0v) is 11.5. The number of hydrogen-bond donors (Lipinski definition) is 1. The normalized spacial score (nSPS) is 9.80. The number of aromatic nitrogens is 1. The van der Waals surface area contributed by atoms with Crippen molar-refractivity contribution in [1.82, 2.24) is 4.98 Å². The average Bonchev–Trinajstić information content (AvgIpc) is 2.48. The SMILES string of the molecule is CCNc1cccc(COc2ccc(CC#N)cc2)n1. The van der Waals surface area contributed by atoms with Gasteiger partial charge in [0.15, 0.2) is 0 Å². The van der Waals surface area contributed by atoms with Crippen LogP contribution in [0.4, 0.5) is 5.82 Å². The fourth-order valence-corrected chi connectivity index (χ4v) is 1.79. The molecule has 1 N–H and O–H groups in total. The highest BCUT2D eigenvalue weighted by Crippen LogP contribution is 2.14. The lowest BCUT2D eigenvalue weighted by Crippen LogP contribution is -2.03. The van der Waals surface area contributed by atoms with Crippen LogP contribution in [-0.4, -0.2) is 11.5 Å². The zero-order chi connectivity index (χ0) is 14.2. The molecule has 0 bridgehead atoms. The fourth-order valence-electron chi connectivity index (χ4n) is 1.79. The zero-order valence-electron chi connectivity index (χ0n) is 11.5. The van der Waals surface area contributed by atoms with E-state index in [2.05, 4.69) is 16.4 Å². The number of benzene rings is 1. The molecule has 0 radical (unpaired) electrons. The number of nitriles is 1. The summed E-state index contributed by atoms with van der Waals surface area (Å²) >= 11 is 0. The quantitative estimate of drug-likeness (QED) is 0.873. The molecule has 2 aromatic rings. The molecular weight excluding hydrogens is 250 g/mol. The summed E-state index contributed by atoms with van der Waals surface area (Å²) < 4.78 is 5.69. The number of ether oxygens (including phenoxy) is 1. The predicted octanol–water partition coefficient (Wildman–Crippen LogP) is 3.16. The summed E-state index contributed by atoms with van der Waals surface area (Å²) in [7, 11) is 0. The molecule has 102 valence electrons. The van der Waals surface area contributed by atoms with Crippen molar-refractivity contribution in [3.8, 4) is 11.8 Å². The van der Waals surface area contributed by atoms with E-state index in [1.807, 2.05) is 49.4 Å². The van der Waals surface area contributed by atoms with Gasteiger partial charge < -0.3 is 10.1 Å². The number of anilines is 1. The van der Waals surface area contributed by atoms with E-state index in [0.29, 0.717) is 13.0 Å². The summed E-state index contributed by atoms with van der Waals surface area (Å²) in [6.07, 6.45) is 0.423. The number of pyridine rings is 1. The lowest BCUT2D eigenvalue weighted by atomic mass is 10.2. The van der Waals surface area contributed by atoms with Gasteiger partial charge >= 0.3 is 0 Å². The van der Waals surface area contributed by atoms with Crippen LogP contribution < -0.4 is 10.1 Å². The Kier molecular flexibility index (Phi) is 4.96. The fraction of sp³-hybridized carbons (Fsp3) is 0.250. The summed E-state index contributed by atoms with van der Waals surface area (Å²) in [5.41, 5.74) is 1.87. The van der Waals surface area contributed by atoms with Crippen LogP contribution in [0.1, 0.15) is 18.2 Å². The molecule has 2 rings (SSSR count). The van der Waals surface area contributed by atoms with Crippen LogP contribution in [0.25, 0.3) is 0 Å². The molecule has 4 nitrogen and oxygen atoms in total. The van der Waals surface area contributed by atoms with Crippen molar-refractivity contribution in [2.75, 3.05) is 11.9 Å². The topological polar surface area (TPSA) is 57.9 Å². The largest absolute Gasteiger partial charge is 0.487 e. The van der Waals surface area contributed by atoms with Gasteiger partial charge in [0, 0.05) is 6.54 Å². The maximum Gasteiger partial charge on any atom is 0.130 e. The van der Waals surface area contributed by atoms with Crippen LogP contribution in [0.15, 0.2) is 42.5 Å². The van der Waals surface area contributed by atoms with E-state index < -0.39 is 0 Å². The molecule has 0 spiro atoms. The smallest absolute Gasteiger partial charge is 0.130 e. The standard InChI is InChI=1S/C16H17N3O/c1-2-18-16-5-3-4-14(19-16)12-20-15-8-6-13(7-9-15)10-11-17/h3-9H,2,10,12H2,1H3,(H,18,19). The van der Waals surface area contributed by atoms with Crippen molar-refractivity contribution in [1.29, 1.82) is 5.26 Å². The van der Waals surface area contributed by atoms with E-state index in [0.717, 1.165) is 29.4 Å². The Hall–Kier alpha value is -2.54. The van der Waals surface area contributed by atoms with Gasteiger partial charge in [0.25, 0.3) is 0 Å². The Morgan fingerprint density at radius 1 is 1.20 bits per heavy atom. The number of rotatable bonds is 6. The van der Waals surface area contributed by atoms with Crippen LogP contribution >= 0.6 is 0 Å².